The van der Waals surface area contributed by atoms with Crippen molar-refractivity contribution in [3.8, 4) is 5.75 Å². The van der Waals surface area contributed by atoms with Crippen LogP contribution >= 0.6 is 0 Å². The molecule has 2 aromatic heterocycles. The first kappa shape index (κ1) is 12.2. The van der Waals surface area contributed by atoms with Gasteiger partial charge in [-0.3, -0.25) is 5.41 Å². The summed E-state index contributed by atoms with van der Waals surface area (Å²) in [5.41, 5.74) is 1.91. The largest absolute Gasteiger partial charge is 0.426 e. The molecule has 20 heavy (non-hydrogen) atoms. The van der Waals surface area contributed by atoms with E-state index in [0.29, 0.717) is 12.3 Å². The van der Waals surface area contributed by atoms with Crippen molar-refractivity contribution in [2.24, 2.45) is 0 Å². The second-order valence-electron chi connectivity index (χ2n) is 4.31. The predicted octanol–water partition coefficient (Wildman–Crippen LogP) is 2.67. The van der Waals surface area contributed by atoms with E-state index in [2.05, 4.69) is 15.3 Å². The Labute approximate surface area is 116 Å². The molecular weight excluding hydrogens is 252 g/mol. The summed E-state index contributed by atoms with van der Waals surface area (Å²) in [6, 6.07) is 13.2. The van der Waals surface area contributed by atoms with Crippen molar-refractivity contribution in [2.45, 2.75) is 6.54 Å². The van der Waals surface area contributed by atoms with Gasteiger partial charge in [0.15, 0.2) is 0 Å². The standard InChI is InChI=1S/C15H14N4O/c16-15(20-12-4-2-1-3-5-12)19-10-11-6-8-17-14-13(11)7-9-18-14/h1-9H,10H2,(H2,16,19)(H,17,18). The molecule has 1 aromatic carbocycles. The third-order valence-corrected chi connectivity index (χ3v) is 2.95. The first-order valence-electron chi connectivity index (χ1n) is 6.29. The lowest BCUT2D eigenvalue weighted by molar-refractivity contribution is 0.509. The van der Waals surface area contributed by atoms with Crippen molar-refractivity contribution in [2.75, 3.05) is 0 Å². The summed E-state index contributed by atoms with van der Waals surface area (Å²) in [4.78, 5) is 7.29. The lowest BCUT2D eigenvalue weighted by Gasteiger charge is -2.09. The van der Waals surface area contributed by atoms with E-state index in [1.807, 2.05) is 48.7 Å². The monoisotopic (exact) mass is 266 g/mol. The van der Waals surface area contributed by atoms with Crippen LogP contribution in [0.25, 0.3) is 11.0 Å². The van der Waals surface area contributed by atoms with Gasteiger partial charge in [0.25, 0.3) is 6.02 Å². The Bertz CT molecular complexity index is 721. The predicted molar refractivity (Wildman–Crippen MR) is 77.7 cm³/mol. The van der Waals surface area contributed by atoms with E-state index in [9.17, 15) is 0 Å². The number of hydrogen-bond donors (Lipinski definition) is 3. The molecule has 0 aliphatic rings. The minimum Gasteiger partial charge on any atom is -0.426 e. The van der Waals surface area contributed by atoms with E-state index < -0.39 is 0 Å². The van der Waals surface area contributed by atoms with Crippen LogP contribution in [0.3, 0.4) is 0 Å². The van der Waals surface area contributed by atoms with Crippen LogP contribution in [0, 0.1) is 5.41 Å². The van der Waals surface area contributed by atoms with Crippen LogP contribution in [0.5, 0.6) is 5.75 Å². The number of amidine groups is 1. The van der Waals surface area contributed by atoms with E-state index in [-0.39, 0.29) is 6.02 Å². The Morgan fingerprint density at radius 2 is 2.05 bits per heavy atom. The molecule has 5 heteroatoms. The van der Waals surface area contributed by atoms with Crippen LogP contribution in [0.4, 0.5) is 0 Å². The number of aromatic nitrogens is 2. The van der Waals surface area contributed by atoms with Gasteiger partial charge in [0.1, 0.15) is 11.4 Å². The summed E-state index contributed by atoms with van der Waals surface area (Å²) >= 11 is 0. The second kappa shape index (κ2) is 5.44. The van der Waals surface area contributed by atoms with E-state index in [0.717, 1.165) is 16.6 Å². The molecule has 0 amide bonds. The molecule has 3 N–H and O–H groups in total. The van der Waals surface area contributed by atoms with Crippen molar-refractivity contribution in [3.05, 3.63) is 60.4 Å². The molecule has 0 atom stereocenters. The maximum absolute atomic E-state index is 7.79. The first-order chi connectivity index (χ1) is 9.83. The fraction of sp³-hybridized carbons (Fsp3) is 0.0667. The highest BCUT2D eigenvalue weighted by atomic mass is 16.5. The maximum atomic E-state index is 7.79. The average molecular weight is 266 g/mol. The van der Waals surface area contributed by atoms with Crippen molar-refractivity contribution in [3.63, 3.8) is 0 Å². The third kappa shape index (κ3) is 2.61. The van der Waals surface area contributed by atoms with Crippen LogP contribution in [-0.4, -0.2) is 16.0 Å². The Hall–Kier alpha value is -2.82. The number of H-pyrrole nitrogens is 1. The van der Waals surface area contributed by atoms with Gasteiger partial charge >= 0.3 is 0 Å². The zero-order chi connectivity index (χ0) is 13.8. The van der Waals surface area contributed by atoms with E-state index >= 15 is 0 Å². The molecule has 5 nitrogen and oxygen atoms in total. The van der Waals surface area contributed by atoms with Gasteiger partial charge < -0.3 is 15.0 Å². The average Bonchev–Trinajstić information content (AvgIpc) is 2.95. The van der Waals surface area contributed by atoms with Crippen molar-refractivity contribution < 1.29 is 4.74 Å². The number of benzene rings is 1. The highest BCUT2D eigenvalue weighted by Gasteiger charge is 2.04. The normalized spacial score (nSPS) is 10.4. The molecule has 0 aliphatic heterocycles. The molecule has 0 unspecified atom stereocenters. The van der Waals surface area contributed by atoms with Crippen LogP contribution in [0.15, 0.2) is 54.9 Å². The molecule has 0 saturated heterocycles. The van der Waals surface area contributed by atoms with Gasteiger partial charge in [0, 0.05) is 24.3 Å². The quantitative estimate of drug-likeness (QED) is 0.504. The van der Waals surface area contributed by atoms with Crippen molar-refractivity contribution >= 4 is 17.1 Å². The Kier molecular flexibility index (Phi) is 3.33. The topological polar surface area (TPSA) is 73.8 Å². The molecule has 3 rings (SSSR count). The maximum Gasteiger partial charge on any atom is 0.287 e. The summed E-state index contributed by atoms with van der Waals surface area (Å²) in [5.74, 6) is 0.645. The number of hydrogen-bond acceptors (Lipinski definition) is 3. The number of nitrogens with one attached hydrogen (secondary N) is 3. The molecule has 0 radical (unpaired) electrons. The molecule has 0 spiro atoms. The number of pyridine rings is 1. The number of rotatable bonds is 3. The van der Waals surface area contributed by atoms with Gasteiger partial charge in [-0.05, 0) is 29.8 Å². The molecule has 2 heterocycles. The molecule has 100 valence electrons. The molecule has 0 fully saturated rings. The lowest BCUT2D eigenvalue weighted by atomic mass is 10.2. The molecule has 0 aliphatic carbocycles. The van der Waals surface area contributed by atoms with Crippen LogP contribution in [0.1, 0.15) is 5.56 Å². The van der Waals surface area contributed by atoms with Gasteiger partial charge in [-0.1, -0.05) is 18.2 Å². The third-order valence-electron chi connectivity index (χ3n) is 2.95. The van der Waals surface area contributed by atoms with Gasteiger partial charge in [-0.25, -0.2) is 4.98 Å². The van der Waals surface area contributed by atoms with Crippen LogP contribution in [0.2, 0.25) is 0 Å². The zero-order valence-corrected chi connectivity index (χ0v) is 10.8. The minimum atomic E-state index is 0.0247. The summed E-state index contributed by atoms with van der Waals surface area (Å²) in [6.45, 7) is 0.516. The van der Waals surface area contributed by atoms with Gasteiger partial charge in [-0.15, -0.1) is 0 Å². The lowest BCUT2D eigenvalue weighted by Crippen LogP contribution is -2.27. The SMILES string of the molecule is N=C(NCc1ccnc2[nH]ccc12)Oc1ccccc1. The number of fused-ring (bicyclic) bond motifs is 1. The smallest absolute Gasteiger partial charge is 0.287 e. The molecule has 0 bridgehead atoms. The number of ether oxygens (including phenoxy) is 1. The Morgan fingerprint density at radius 3 is 2.90 bits per heavy atom. The highest BCUT2D eigenvalue weighted by molar-refractivity contribution is 5.80. The summed E-state index contributed by atoms with van der Waals surface area (Å²) < 4.78 is 5.38. The van der Waals surface area contributed by atoms with Gasteiger partial charge in [-0.2, -0.15) is 0 Å². The number of nitrogens with zero attached hydrogens (tertiary/aromatic N) is 1. The highest BCUT2D eigenvalue weighted by Crippen LogP contribution is 2.14. The Balaban J connectivity index is 1.65. The van der Waals surface area contributed by atoms with Gasteiger partial charge in [0.05, 0.1) is 0 Å². The van der Waals surface area contributed by atoms with Crippen LogP contribution < -0.4 is 10.1 Å². The van der Waals surface area contributed by atoms with E-state index in [4.69, 9.17) is 10.1 Å². The molecule has 0 saturated carbocycles. The van der Waals surface area contributed by atoms with E-state index in [1.54, 1.807) is 6.20 Å². The Morgan fingerprint density at radius 1 is 1.20 bits per heavy atom. The van der Waals surface area contributed by atoms with Crippen LogP contribution in [-0.2, 0) is 6.54 Å². The summed E-state index contributed by atoms with van der Waals surface area (Å²) in [7, 11) is 0. The molecule has 3 aromatic rings. The first-order valence-corrected chi connectivity index (χ1v) is 6.29. The zero-order valence-electron chi connectivity index (χ0n) is 10.8. The summed E-state index contributed by atoms with van der Waals surface area (Å²) in [6.07, 6.45) is 3.60. The number of para-hydroxylation sites is 1. The van der Waals surface area contributed by atoms with Crippen molar-refractivity contribution in [1.29, 1.82) is 5.41 Å². The molecular formula is C15H14N4O. The number of aromatic amines is 1. The second-order valence-corrected chi connectivity index (χ2v) is 4.31. The summed E-state index contributed by atoms with van der Waals surface area (Å²) in [5, 5.41) is 11.8. The van der Waals surface area contributed by atoms with Crippen molar-refractivity contribution in [1.82, 2.24) is 15.3 Å². The van der Waals surface area contributed by atoms with Gasteiger partial charge in [0.2, 0.25) is 0 Å². The minimum absolute atomic E-state index is 0.0247. The van der Waals surface area contributed by atoms with E-state index in [1.165, 1.54) is 0 Å². The fourth-order valence-corrected chi connectivity index (χ4v) is 1.99. The fourth-order valence-electron chi connectivity index (χ4n) is 1.99.